The predicted molar refractivity (Wildman–Crippen MR) is 102 cm³/mol. The number of rotatable bonds is 5. The summed E-state index contributed by atoms with van der Waals surface area (Å²) in [6.07, 6.45) is 0. The van der Waals surface area contributed by atoms with Gasteiger partial charge in [0.15, 0.2) is 4.90 Å². The number of likely N-dealkylation sites (N-methyl/N-ethyl adjacent to an activating group) is 1. The highest BCUT2D eigenvalue weighted by atomic mass is 32.2. The Morgan fingerprint density at radius 1 is 1.12 bits per heavy atom. The van der Waals surface area contributed by atoms with Gasteiger partial charge < -0.3 is 14.8 Å². The van der Waals surface area contributed by atoms with E-state index < -0.39 is 11.2 Å². The van der Waals surface area contributed by atoms with E-state index in [4.69, 9.17) is 0 Å². The lowest BCUT2D eigenvalue weighted by Gasteiger charge is -2.22. The SMILES string of the molecule is CC(CN/C(=C1\C(=O)c2ccccc2[S+]1[O-])c1ccccc1)N(C)C. The summed E-state index contributed by atoms with van der Waals surface area (Å²) in [4.78, 5) is 15.9. The smallest absolute Gasteiger partial charge is 0.248 e. The van der Waals surface area contributed by atoms with Crippen LogP contribution < -0.4 is 5.32 Å². The van der Waals surface area contributed by atoms with E-state index in [1.165, 1.54) is 0 Å². The van der Waals surface area contributed by atoms with Gasteiger partial charge in [-0.2, -0.15) is 0 Å². The summed E-state index contributed by atoms with van der Waals surface area (Å²) in [5.74, 6) is -0.155. The van der Waals surface area contributed by atoms with Gasteiger partial charge in [0, 0.05) is 29.3 Å². The third kappa shape index (κ3) is 3.49. The van der Waals surface area contributed by atoms with Crippen molar-refractivity contribution >= 4 is 22.7 Å². The van der Waals surface area contributed by atoms with Crippen LogP contribution in [0.4, 0.5) is 0 Å². The molecule has 0 radical (unpaired) electrons. The van der Waals surface area contributed by atoms with Gasteiger partial charge in [-0.3, -0.25) is 4.79 Å². The number of ketones is 1. The number of Topliss-reactive ketones (excluding diaryl/α,β-unsaturated/α-hetero) is 1. The van der Waals surface area contributed by atoms with Crippen molar-refractivity contribution in [2.45, 2.75) is 17.9 Å². The van der Waals surface area contributed by atoms with Crippen LogP contribution in [0.2, 0.25) is 0 Å². The van der Waals surface area contributed by atoms with Crippen molar-refractivity contribution < 1.29 is 9.35 Å². The average Bonchev–Trinajstić information content (AvgIpc) is 2.88. The van der Waals surface area contributed by atoms with Gasteiger partial charge in [-0.05, 0) is 33.2 Å². The second-order valence-electron chi connectivity index (χ2n) is 6.36. The molecule has 0 bridgehead atoms. The summed E-state index contributed by atoms with van der Waals surface area (Å²) in [6, 6.07) is 17.0. The second kappa shape index (κ2) is 7.44. The summed E-state index contributed by atoms with van der Waals surface area (Å²) >= 11 is -1.47. The van der Waals surface area contributed by atoms with Crippen LogP contribution in [0.3, 0.4) is 0 Å². The maximum absolute atomic E-state index is 13.0. The van der Waals surface area contributed by atoms with Crippen LogP contribution in [-0.2, 0) is 11.2 Å². The predicted octanol–water partition coefficient (Wildman–Crippen LogP) is 2.90. The van der Waals surface area contributed by atoms with Gasteiger partial charge in [-0.1, -0.05) is 42.5 Å². The molecule has 2 atom stereocenters. The number of carbonyl (C=O) groups excluding carboxylic acids is 1. The Bertz CT molecular complexity index is 802. The number of carbonyl (C=O) groups is 1. The molecule has 2 aromatic carbocycles. The number of fused-ring (bicyclic) bond motifs is 1. The average molecular weight is 354 g/mol. The molecular formula is C20H22N2O2S. The van der Waals surface area contributed by atoms with Crippen molar-refractivity contribution in [3.8, 4) is 0 Å². The number of nitrogens with zero attached hydrogens (tertiary/aromatic N) is 1. The largest absolute Gasteiger partial charge is 0.606 e. The van der Waals surface area contributed by atoms with Crippen LogP contribution in [0.5, 0.6) is 0 Å². The van der Waals surface area contributed by atoms with Crippen LogP contribution >= 0.6 is 0 Å². The summed E-state index contributed by atoms with van der Waals surface area (Å²) in [5, 5.41) is 3.38. The van der Waals surface area contributed by atoms with Gasteiger partial charge in [-0.25, -0.2) is 0 Å². The van der Waals surface area contributed by atoms with E-state index in [0.717, 1.165) is 5.56 Å². The van der Waals surface area contributed by atoms with Gasteiger partial charge in [0.2, 0.25) is 10.7 Å². The van der Waals surface area contributed by atoms with E-state index >= 15 is 0 Å². The molecule has 1 aliphatic heterocycles. The summed E-state index contributed by atoms with van der Waals surface area (Å²) in [5.41, 5.74) is 2.07. The van der Waals surface area contributed by atoms with E-state index in [9.17, 15) is 9.35 Å². The molecule has 0 fully saturated rings. The monoisotopic (exact) mass is 354 g/mol. The fourth-order valence-electron chi connectivity index (χ4n) is 2.69. The van der Waals surface area contributed by atoms with E-state index in [2.05, 4.69) is 17.1 Å². The normalized spacial score (nSPS) is 19.7. The van der Waals surface area contributed by atoms with E-state index in [0.29, 0.717) is 27.6 Å². The minimum atomic E-state index is -1.47. The zero-order valence-corrected chi connectivity index (χ0v) is 15.5. The molecule has 1 N–H and O–H groups in total. The Kier molecular flexibility index (Phi) is 5.27. The number of hydrogen-bond acceptors (Lipinski definition) is 4. The summed E-state index contributed by atoms with van der Waals surface area (Å²) in [7, 11) is 4.02. The molecule has 1 heterocycles. The number of allylic oxidation sites excluding steroid dienone is 1. The fraction of sp³-hybridized carbons (Fsp3) is 0.250. The molecule has 0 spiro atoms. The highest BCUT2D eigenvalue weighted by molar-refractivity contribution is 7.97. The third-order valence-electron chi connectivity index (χ3n) is 4.47. The zero-order valence-electron chi connectivity index (χ0n) is 14.7. The van der Waals surface area contributed by atoms with Crippen LogP contribution in [0.15, 0.2) is 64.4 Å². The Labute approximate surface area is 151 Å². The molecule has 2 unspecified atom stereocenters. The van der Waals surface area contributed by atoms with E-state index in [-0.39, 0.29) is 11.8 Å². The summed E-state index contributed by atoms with van der Waals surface area (Å²) < 4.78 is 13.0. The van der Waals surface area contributed by atoms with Crippen LogP contribution in [-0.4, -0.2) is 41.9 Å². The molecular weight excluding hydrogens is 332 g/mol. The molecule has 1 aliphatic rings. The van der Waals surface area contributed by atoms with Crippen molar-refractivity contribution in [3.63, 3.8) is 0 Å². The molecule has 0 aliphatic carbocycles. The number of hydrogen-bond donors (Lipinski definition) is 1. The minimum absolute atomic E-state index is 0.155. The molecule has 0 amide bonds. The Morgan fingerprint density at radius 2 is 1.76 bits per heavy atom. The molecule has 3 rings (SSSR count). The van der Waals surface area contributed by atoms with Gasteiger partial charge >= 0.3 is 0 Å². The first kappa shape index (κ1) is 17.7. The van der Waals surface area contributed by atoms with E-state index in [1.54, 1.807) is 18.2 Å². The topological polar surface area (TPSA) is 55.4 Å². The fourth-order valence-corrected chi connectivity index (χ4v) is 4.13. The van der Waals surface area contributed by atoms with Gasteiger partial charge in [-0.15, -0.1) is 0 Å². The van der Waals surface area contributed by atoms with Crippen molar-refractivity contribution in [2.75, 3.05) is 20.6 Å². The highest BCUT2D eigenvalue weighted by Crippen LogP contribution is 2.37. The van der Waals surface area contributed by atoms with Crippen LogP contribution in [0, 0.1) is 0 Å². The maximum Gasteiger partial charge on any atom is 0.248 e. The molecule has 130 valence electrons. The van der Waals surface area contributed by atoms with Crippen LogP contribution in [0.25, 0.3) is 5.70 Å². The molecule has 0 aromatic heterocycles. The first-order chi connectivity index (χ1) is 12.0. The molecule has 0 saturated carbocycles. The zero-order chi connectivity index (χ0) is 18.0. The van der Waals surface area contributed by atoms with Crippen molar-refractivity contribution in [3.05, 3.63) is 70.6 Å². The summed E-state index contributed by atoms with van der Waals surface area (Å²) in [6.45, 7) is 2.75. The number of benzene rings is 2. The Morgan fingerprint density at radius 3 is 2.40 bits per heavy atom. The van der Waals surface area contributed by atoms with Crippen molar-refractivity contribution in [2.24, 2.45) is 0 Å². The molecule has 25 heavy (non-hydrogen) atoms. The van der Waals surface area contributed by atoms with Crippen molar-refractivity contribution in [1.29, 1.82) is 0 Å². The number of nitrogens with one attached hydrogen (secondary N) is 1. The second-order valence-corrected chi connectivity index (χ2v) is 7.74. The quantitative estimate of drug-likeness (QED) is 0.663. The van der Waals surface area contributed by atoms with Gasteiger partial charge in [0.05, 0.1) is 5.56 Å². The van der Waals surface area contributed by atoms with Crippen LogP contribution in [0.1, 0.15) is 22.8 Å². The molecule has 4 nitrogen and oxygen atoms in total. The first-order valence-electron chi connectivity index (χ1n) is 8.26. The molecule has 2 aromatic rings. The van der Waals surface area contributed by atoms with Gasteiger partial charge in [0.1, 0.15) is 5.70 Å². The maximum atomic E-state index is 13.0. The lowest BCUT2D eigenvalue weighted by molar-refractivity contribution is 0.104. The first-order valence-corrected chi connectivity index (χ1v) is 9.41. The molecule has 5 heteroatoms. The van der Waals surface area contributed by atoms with Gasteiger partial charge in [0.25, 0.3) is 0 Å². The third-order valence-corrected chi connectivity index (χ3v) is 5.98. The standard InChI is InChI=1S/C20H22N2O2S/c1-14(22(2)3)13-21-18(15-9-5-4-6-10-15)20-19(23)16-11-7-8-12-17(16)25(20)24/h4-12,14,21H,13H2,1-3H3/b20-18+. The molecule has 0 saturated heterocycles. The lowest BCUT2D eigenvalue weighted by atomic mass is 10.1. The Balaban J connectivity index is 2.05. The minimum Gasteiger partial charge on any atom is -0.606 e. The van der Waals surface area contributed by atoms with E-state index in [1.807, 2.05) is 50.5 Å². The lowest BCUT2D eigenvalue weighted by Crippen LogP contribution is -2.35. The van der Waals surface area contributed by atoms with Crippen molar-refractivity contribution in [1.82, 2.24) is 10.2 Å². The highest BCUT2D eigenvalue weighted by Gasteiger charge is 2.41. The Hall–Kier alpha value is -2.08.